The van der Waals surface area contributed by atoms with E-state index in [-0.39, 0.29) is 0 Å². The minimum atomic E-state index is 0.730. The van der Waals surface area contributed by atoms with Crippen LogP contribution in [0.5, 0.6) is 0 Å². The SMILES string of the molecule is Cc1nc2nccc(-c3cc4ccc(CN5CC5C)cc4[nH]3)c2[nH]1. The summed E-state index contributed by atoms with van der Waals surface area (Å²) < 4.78 is 0. The fourth-order valence-corrected chi connectivity index (χ4v) is 3.42. The number of aryl methyl sites for hydroxylation is 1. The van der Waals surface area contributed by atoms with Gasteiger partial charge in [0.15, 0.2) is 5.65 Å². The van der Waals surface area contributed by atoms with E-state index in [0.29, 0.717) is 0 Å². The van der Waals surface area contributed by atoms with Gasteiger partial charge in [-0.15, -0.1) is 0 Å². The molecule has 0 saturated carbocycles. The molecular weight excluding hydrogens is 298 g/mol. The first-order chi connectivity index (χ1) is 11.7. The Kier molecular flexibility index (Phi) is 2.82. The maximum absolute atomic E-state index is 4.43. The van der Waals surface area contributed by atoms with E-state index in [1.807, 2.05) is 19.2 Å². The third-order valence-corrected chi connectivity index (χ3v) is 4.86. The lowest BCUT2D eigenvalue weighted by Gasteiger charge is -2.02. The van der Waals surface area contributed by atoms with E-state index in [1.54, 1.807) is 0 Å². The van der Waals surface area contributed by atoms with Crippen LogP contribution in [0.1, 0.15) is 18.3 Å². The normalized spacial score (nSPS) is 20.1. The van der Waals surface area contributed by atoms with Gasteiger partial charge >= 0.3 is 0 Å². The van der Waals surface area contributed by atoms with Crippen LogP contribution >= 0.6 is 0 Å². The molecule has 5 nitrogen and oxygen atoms in total. The van der Waals surface area contributed by atoms with Crippen LogP contribution in [0.3, 0.4) is 0 Å². The van der Waals surface area contributed by atoms with Crippen LogP contribution in [0.25, 0.3) is 33.3 Å². The smallest absolute Gasteiger partial charge is 0.178 e. The van der Waals surface area contributed by atoms with Crippen LogP contribution in [0.15, 0.2) is 36.5 Å². The summed E-state index contributed by atoms with van der Waals surface area (Å²) >= 11 is 0. The lowest BCUT2D eigenvalue weighted by Crippen LogP contribution is -1.99. The van der Waals surface area contributed by atoms with Crippen LogP contribution in [0, 0.1) is 6.92 Å². The molecule has 0 bridgehead atoms. The van der Waals surface area contributed by atoms with Gasteiger partial charge in [-0.2, -0.15) is 0 Å². The molecule has 120 valence electrons. The average molecular weight is 317 g/mol. The Morgan fingerprint density at radius 2 is 2.08 bits per heavy atom. The summed E-state index contributed by atoms with van der Waals surface area (Å²) in [5, 5.41) is 1.23. The van der Waals surface area contributed by atoms with Gasteiger partial charge in [0, 0.05) is 47.5 Å². The number of hydrogen-bond donors (Lipinski definition) is 2. The van der Waals surface area contributed by atoms with Crippen molar-refractivity contribution in [1.29, 1.82) is 0 Å². The van der Waals surface area contributed by atoms with Gasteiger partial charge < -0.3 is 9.97 Å². The fourth-order valence-electron chi connectivity index (χ4n) is 3.42. The zero-order valence-electron chi connectivity index (χ0n) is 13.8. The first-order valence-corrected chi connectivity index (χ1v) is 8.35. The number of aromatic nitrogens is 4. The largest absolute Gasteiger partial charge is 0.354 e. The third kappa shape index (κ3) is 2.20. The predicted molar refractivity (Wildman–Crippen MR) is 95.8 cm³/mol. The monoisotopic (exact) mass is 317 g/mol. The highest BCUT2D eigenvalue weighted by Gasteiger charge is 2.28. The summed E-state index contributed by atoms with van der Waals surface area (Å²) in [5.41, 5.74) is 6.49. The van der Waals surface area contributed by atoms with E-state index < -0.39 is 0 Å². The number of imidazole rings is 1. The number of aromatic amines is 2. The van der Waals surface area contributed by atoms with Gasteiger partial charge in [-0.3, -0.25) is 4.90 Å². The molecule has 5 heteroatoms. The number of fused-ring (bicyclic) bond motifs is 2. The number of pyridine rings is 1. The van der Waals surface area contributed by atoms with Crippen LogP contribution in [-0.2, 0) is 6.54 Å². The molecule has 2 atom stereocenters. The standard InChI is InChI=1S/C19H19N5/c1-11-9-24(11)10-13-3-4-14-8-17(23-16(14)7-13)15-5-6-20-19-18(15)21-12(2)22-19/h3-8,11,23H,9-10H2,1-2H3,(H,20,21,22). The molecule has 2 N–H and O–H groups in total. The Hall–Kier alpha value is -2.66. The number of H-pyrrole nitrogens is 2. The highest BCUT2D eigenvalue weighted by atomic mass is 15.3. The van der Waals surface area contributed by atoms with Crippen molar-refractivity contribution in [2.24, 2.45) is 0 Å². The molecule has 1 aliphatic heterocycles. The molecular formula is C19H19N5. The van der Waals surface area contributed by atoms with E-state index in [1.165, 1.54) is 23.0 Å². The maximum Gasteiger partial charge on any atom is 0.178 e. The molecule has 4 aromatic rings. The molecule has 0 aliphatic carbocycles. The second-order valence-corrected chi connectivity index (χ2v) is 6.76. The predicted octanol–water partition coefficient (Wildman–Crippen LogP) is 3.62. The van der Waals surface area contributed by atoms with Gasteiger partial charge in [0.2, 0.25) is 0 Å². The molecule has 2 unspecified atom stereocenters. The lowest BCUT2D eigenvalue weighted by molar-refractivity contribution is 0.515. The number of nitrogens with zero attached hydrogens (tertiary/aromatic N) is 3. The number of benzene rings is 1. The molecule has 1 saturated heterocycles. The summed E-state index contributed by atoms with van der Waals surface area (Å²) in [6.45, 7) is 6.47. The van der Waals surface area contributed by atoms with Gasteiger partial charge in [-0.1, -0.05) is 12.1 Å². The molecule has 0 spiro atoms. The van der Waals surface area contributed by atoms with E-state index >= 15 is 0 Å². The number of rotatable bonds is 3. The van der Waals surface area contributed by atoms with E-state index in [2.05, 4.69) is 56.0 Å². The number of hydrogen-bond acceptors (Lipinski definition) is 3. The second-order valence-electron chi connectivity index (χ2n) is 6.76. The first-order valence-electron chi connectivity index (χ1n) is 8.35. The lowest BCUT2D eigenvalue weighted by atomic mass is 10.1. The molecule has 3 aromatic heterocycles. The maximum atomic E-state index is 4.43. The Balaban J connectivity index is 1.58. The Labute approximate surface area is 139 Å². The average Bonchev–Trinajstić information content (AvgIpc) is 2.98. The van der Waals surface area contributed by atoms with Gasteiger partial charge in [-0.25, -0.2) is 9.97 Å². The second kappa shape index (κ2) is 4.92. The summed E-state index contributed by atoms with van der Waals surface area (Å²) in [4.78, 5) is 18.1. The highest BCUT2D eigenvalue weighted by Crippen LogP contribution is 2.29. The van der Waals surface area contributed by atoms with E-state index in [9.17, 15) is 0 Å². The minimum absolute atomic E-state index is 0.730. The van der Waals surface area contributed by atoms with Gasteiger partial charge in [0.25, 0.3) is 0 Å². The van der Waals surface area contributed by atoms with Gasteiger partial charge in [0.1, 0.15) is 5.82 Å². The van der Waals surface area contributed by atoms with Crippen molar-refractivity contribution in [1.82, 2.24) is 24.8 Å². The molecule has 1 aromatic carbocycles. The fraction of sp³-hybridized carbons (Fsp3) is 0.263. The van der Waals surface area contributed by atoms with Crippen molar-refractivity contribution in [3.05, 3.63) is 47.9 Å². The van der Waals surface area contributed by atoms with Crippen molar-refractivity contribution in [3.63, 3.8) is 0 Å². The Morgan fingerprint density at radius 3 is 2.92 bits per heavy atom. The van der Waals surface area contributed by atoms with Gasteiger partial charge in [0.05, 0.1) is 5.52 Å². The van der Waals surface area contributed by atoms with E-state index in [0.717, 1.165) is 40.8 Å². The molecule has 4 heterocycles. The Morgan fingerprint density at radius 1 is 1.21 bits per heavy atom. The van der Waals surface area contributed by atoms with Gasteiger partial charge in [-0.05, 0) is 37.6 Å². The quantitative estimate of drug-likeness (QED) is 0.567. The molecule has 24 heavy (non-hydrogen) atoms. The van der Waals surface area contributed by atoms with Crippen molar-refractivity contribution >= 4 is 22.1 Å². The van der Waals surface area contributed by atoms with E-state index in [4.69, 9.17) is 0 Å². The molecule has 0 amide bonds. The molecule has 1 aliphatic rings. The topological polar surface area (TPSA) is 60.4 Å². The molecule has 1 fully saturated rings. The Bertz CT molecular complexity index is 1060. The van der Waals surface area contributed by atoms with Crippen LogP contribution < -0.4 is 0 Å². The summed E-state index contributed by atoms with van der Waals surface area (Å²) in [6, 6.07) is 11.7. The van der Waals surface area contributed by atoms with Crippen molar-refractivity contribution in [2.75, 3.05) is 6.54 Å². The summed E-state index contributed by atoms with van der Waals surface area (Å²) in [6.07, 6.45) is 1.82. The zero-order chi connectivity index (χ0) is 16.3. The summed E-state index contributed by atoms with van der Waals surface area (Å²) in [7, 11) is 0. The van der Waals surface area contributed by atoms with Crippen LogP contribution in [0.2, 0.25) is 0 Å². The molecule has 5 rings (SSSR count). The first kappa shape index (κ1) is 13.7. The van der Waals surface area contributed by atoms with Crippen molar-refractivity contribution in [3.8, 4) is 11.3 Å². The number of nitrogens with one attached hydrogen (secondary N) is 2. The summed E-state index contributed by atoms with van der Waals surface area (Å²) in [5.74, 6) is 0.885. The minimum Gasteiger partial charge on any atom is -0.354 e. The highest BCUT2D eigenvalue weighted by molar-refractivity contribution is 5.94. The van der Waals surface area contributed by atoms with Crippen molar-refractivity contribution < 1.29 is 0 Å². The third-order valence-electron chi connectivity index (χ3n) is 4.86. The van der Waals surface area contributed by atoms with Crippen LogP contribution in [-0.4, -0.2) is 37.4 Å². The molecule has 0 radical (unpaired) electrons. The zero-order valence-corrected chi connectivity index (χ0v) is 13.8. The van der Waals surface area contributed by atoms with Crippen LogP contribution in [0.4, 0.5) is 0 Å². The van der Waals surface area contributed by atoms with Crippen molar-refractivity contribution in [2.45, 2.75) is 26.4 Å².